The number of benzene rings is 6. The van der Waals surface area contributed by atoms with Crippen LogP contribution in [0.2, 0.25) is 0 Å². The first-order valence-electron chi connectivity index (χ1n) is 33.2. The molecule has 0 saturated heterocycles. The zero-order valence-corrected chi connectivity index (χ0v) is 55.7. The Morgan fingerprint density at radius 2 is 1.05 bits per heavy atom. The Morgan fingerprint density at radius 1 is 0.521 bits per heavy atom. The quantitative estimate of drug-likeness (QED) is 0.0124. The number of carbonyl (C=O) groups excluding carboxylic acids is 8. The van der Waals surface area contributed by atoms with Crippen molar-refractivity contribution in [2.24, 2.45) is 5.92 Å². The fourth-order valence-corrected chi connectivity index (χ4v) is 12.5. The van der Waals surface area contributed by atoms with E-state index in [1.54, 1.807) is 54.7 Å². The van der Waals surface area contributed by atoms with Crippen molar-refractivity contribution in [1.29, 1.82) is 0 Å². The topological polar surface area (TPSA) is 273 Å². The monoisotopic (exact) mass is 1310 g/mol. The minimum absolute atomic E-state index is 0.0116. The van der Waals surface area contributed by atoms with Crippen LogP contribution in [0.1, 0.15) is 126 Å². The number of alkyl carbamates (subject to hydrolysis) is 2. The highest BCUT2D eigenvalue weighted by atomic mass is 16.6. The molecule has 8 unspecified atom stereocenters. The molecule has 2 aliphatic carbocycles. The van der Waals surface area contributed by atoms with E-state index >= 15 is 19.2 Å². The smallest absolute Gasteiger partial charge is 0.407 e. The first-order chi connectivity index (χ1) is 46.0. The number of ether oxygens (including phenoxy) is 4. The highest BCUT2D eigenvalue weighted by Crippen LogP contribution is 2.44. The van der Waals surface area contributed by atoms with Crippen LogP contribution in [-0.2, 0) is 73.6 Å². The number of H-pyrrole nitrogens is 1. The van der Waals surface area contributed by atoms with Gasteiger partial charge in [-0.05, 0) is 131 Å². The Balaban J connectivity index is 0.974. The van der Waals surface area contributed by atoms with E-state index in [2.05, 4.69) is 42.2 Å². The summed E-state index contributed by atoms with van der Waals surface area (Å²) in [5, 5.41) is 21.1. The van der Waals surface area contributed by atoms with E-state index in [0.717, 1.165) is 44.3 Å². The van der Waals surface area contributed by atoms with E-state index in [-0.39, 0.29) is 57.8 Å². The normalized spacial score (nSPS) is 16.2. The number of para-hydroxylation sites is 1. The third-order valence-corrected chi connectivity index (χ3v) is 17.1. The molecule has 7 amide bonds. The van der Waals surface area contributed by atoms with Crippen molar-refractivity contribution in [3.8, 4) is 11.1 Å². The van der Waals surface area contributed by atoms with Crippen molar-refractivity contribution in [1.82, 2.24) is 42.2 Å². The van der Waals surface area contributed by atoms with Crippen molar-refractivity contribution < 1.29 is 57.3 Å². The lowest BCUT2D eigenvalue weighted by atomic mass is 9.98. The number of aromatic amines is 1. The van der Waals surface area contributed by atoms with Gasteiger partial charge in [0.2, 0.25) is 29.5 Å². The van der Waals surface area contributed by atoms with Crippen molar-refractivity contribution in [2.75, 3.05) is 13.2 Å². The second-order valence-corrected chi connectivity index (χ2v) is 26.7. The molecule has 0 spiro atoms. The van der Waals surface area contributed by atoms with E-state index < -0.39 is 107 Å². The standard InChI is InChI=1S/C76H90N8O12/c1-48(95-75(2,3)4)66(71(89)82-63(42-49-26-11-8-12-27-49)68(86)79-61-40-25-37-58(61)72(90)93-46-51-30-15-10-16-31-51)84-67(85)62(39-23-24-41-77-73(91)96-76(5,6)7)80-70(88)65(44-52-45-78-60-38-22-21-32-53(52)60)81-69(87)64(43-50-28-13-9-14-29-50)83-74(92)94-47-59-56-35-19-17-33-54(56)55-34-18-20-36-57(55)59/h8-22,26-36,38,45,48,58-59,61-66,78H,23-25,37,39-44,46-47H2,1-7H3,(H,77,91)(H,79,86)(H,80,88)(H,81,87)(H,82,89)(H,83,92)(H,84,85). The van der Waals surface area contributed by atoms with Gasteiger partial charge in [0.15, 0.2) is 0 Å². The Morgan fingerprint density at radius 3 is 1.67 bits per heavy atom. The highest BCUT2D eigenvalue weighted by molar-refractivity contribution is 5.97. The van der Waals surface area contributed by atoms with Crippen LogP contribution >= 0.6 is 0 Å². The third-order valence-electron chi connectivity index (χ3n) is 17.1. The summed E-state index contributed by atoms with van der Waals surface area (Å²) in [6.07, 6.45) is 1.39. The fourth-order valence-electron chi connectivity index (χ4n) is 12.5. The molecule has 1 aromatic heterocycles. The zero-order valence-electron chi connectivity index (χ0n) is 55.7. The minimum Gasteiger partial charge on any atom is -0.461 e. The van der Waals surface area contributed by atoms with Gasteiger partial charge in [0.05, 0.1) is 17.6 Å². The number of nitrogens with one attached hydrogen (secondary N) is 8. The van der Waals surface area contributed by atoms with Gasteiger partial charge in [-0.25, -0.2) is 9.59 Å². The van der Waals surface area contributed by atoms with Gasteiger partial charge in [0.25, 0.3) is 0 Å². The lowest BCUT2D eigenvalue weighted by Gasteiger charge is -2.33. The molecule has 9 rings (SSSR count). The Labute approximate surface area is 561 Å². The number of hydrogen-bond donors (Lipinski definition) is 8. The molecule has 1 fully saturated rings. The number of rotatable bonds is 29. The average Bonchev–Trinajstić information content (AvgIpc) is 1.61. The number of hydrogen-bond acceptors (Lipinski definition) is 12. The van der Waals surface area contributed by atoms with E-state index in [1.807, 2.05) is 164 Å². The first kappa shape index (κ1) is 70.5. The predicted octanol–water partition coefficient (Wildman–Crippen LogP) is 9.97. The van der Waals surface area contributed by atoms with Crippen LogP contribution in [0.3, 0.4) is 0 Å². The number of fused-ring (bicyclic) bond motifs is 4. The number of carbonyl (C=O) groups is 8. The van der Waals surface area contributed by atoms with E-state index in [1.165, 1.54) is 0 Å². The van der Waals surface area contributed by atoms with Gasteiger partial charge in [-0.15, -0.1) is 0 Å². The SMILES string of the molecule is CC(OC(C)(C)C)C(NC(=O)C(CCCCNC(=O)OC(C)(C)C)NC(=O)C(Cc1c[nH]c2ccccc12)NC(=O)C(Cc1ccccc1)NC(=O)OCC1c2ccccc2-c2ccccc21)C(=O)NC(Cc1ccccc1)C(=O)NC1CCCC1C(=O)OCc1ccccc1. The van der Waals surface area contributed by atoms with Crippen LogP contribution < -0.4 is 37.2 Å². The summed E-state index contributed by atoms with van der Waals surface area (Å²) >= 11 is 0. The van der Waals surface area contributed by atoms with Crippen LogP contribution in [-0.4, -0.2) is 119 Å². The molecule has 8 atom stereocenters. The minimum atomic E-state index is -1.48. The van der Waals surface area contributed by atoms with E-state index in [4.69, 9.17) is 18.9 Å². The van der Waals surface area contributed by atoms with E-state index in [9.17, 15) is 19.2 Å². The summed E-state index contributed by atoms with van der Waals surface area (Å²) in [4.78, 5) is 119. The van der Waals surface area contributed by atoms with Crippen molar-refractivity contribution in [3.63, 3.8) is 0 Å². The van der Waals surface area contributed by atoms with Gasteiger partial charge in [0, 0.05) is 54.9 Å². The Hall–Kier alpha value is -9.82. The molecule has 96 heavy (non-hydrogen) atoms. The molecule has 0 bridgehead atoms. The van der Waals surface area contributed by atoms with Crippen LogP contribution in [0, 0.1) is 5.92 Å². The summed E-state index contributed by atoms with van der Waals surface area (Å²) in [5.74, 6) is -4.94. The van der Waals surface area contributed by atoms with Gasteiger partial charge in [-0.1, -0.05) is 164 Å². The van der Waals surface area contributed by atoms with Crippen LogP contribution in [0.25, 0.3) is 22.0 Å². The number of unbranched alkanes of at least 4 members (excludes halogenated alkanes) is 1. The maximum Gasteiger partial charge on any atom is 0.407 e. The van der Waals surface area contributed by atoms with Crippen LogP contribution in [0.15, 0.2) is 170 Å². The first-order valence-corrected chi connectivity index (χ1v) is 33.2. The molecule has 7 aromatic rings. The molecule has 6 aromatic carbocycles. The lowest BCUT2D eigenvalue weighted by molar-refractivity contribution is -0.150. The fraction of sp³-hybridized carbons (Fsp3) is 0.395. The van der Waals surface area contributed by atoms with Crippen molar-refractivity contribution in [2.45, 2.75) is 172 Å². The molecule has 0 aliphatic heterocycles. The van der Waals surface area contributed by atoms with Crippen molar-refractivity contribution in [3.05, 3.63) is 203 Å². The van der Waals surface area contributed by atoms with E-state index in [0.29, 0.717) is 36.8 Å². The highest BCUT2D eigenvalue weighted by Gasteiger charge is 2.40. The summed E-state index contributed by atoms with van der Waals surface area (Å²) in [6.45, 7) is 12.5. The number of aromatic nitrogens is 1. The molecule has 2 aliphatic rings. The summed E-state index contributed by atoms with van der Waals surface area (Å²) in [5.41, 5.74) is 6.20. The van der Waals surface area contributed by atoms with Gasteiger partial charge in [0.1, 0.15) is 49.0 Å². The molecule has 506 valence electrons. The number of esters is 1. The summed E-state index contributed by atoms with van der Waals surface area (Å²) in [6, 6.07) is 43.6. The van der Waals surface area contributed by atoms with Crippen molar-refractivity contribution >= 4 is 58.6 Å². The second kappa shape index (κ2) is 33.0. The van der Waals surface area contributed by atoms with Crippen LogP contribution in [0.5, 0.6) is 0 Å². The third kappa shape index (κ3) is 20.1. The molecular formula is C76H90N8O12. The Bertz CT molecular complexity index is 3750. The molecular weight excluding hydrogens is 1220 g/mol. The maximum absolute atomic E-state index is 15.4. The summed E-state index contributed by atoms with van der Waals surface area (Å²) < 4.78 is 23.5. The number of amides is 7. The lowest BCUT2D eigenvalue weighted by Crippen LogP contribution is -2.62. The largest absolute Gasteiger partial charge is 0.461 e. The average molecular weight is 1310 g/mol. The molecule has 1 heterocycles. The van der Waals surface area contributed by atoms with Gasteiger partial charge >= 0.3 is 18.2 Å². The Kier molecular flexibility index (Phi) is 24.3. The van der Waals surface area contributed by atoms with Gasteiger partial charge < -0.3 is 61.1 Å². The van der Waals surface area contributed by atoms with Crippen LogP contribution in [0.4, 0.5) is 9.59 Å². The molecule has 20 heteroatoms. The second-order valence-electron chi connectivity index (χ2n) is 26.7. The zero-order chi connectivity index (χ0) is 68.4. The van der Waals surface area contributed by atoms with Gasteiger partial charge in [-0.3, -0.25) is 28.8 Å². The molecule has 20 nitrogen and oxygen atoms in total. The molecule has 0 radical (unpaired) electrons. The predicted molar refractivity (Wildman–Crippen MR) is 366 cm³/mol. The van der Waals surface area contributed by atoms with Gasteiger partial charge in [-0.2, -0.15) is 0 Å². The maximum atomic E-state index is 15.4. The summed E-state index contributed by atoms with van der Waals surface area (Å²) in [7, 11) is 0. The molecule has 8 N–H and O–H groups in total. The molecule has 1 saturated carbocycles.